The normalized spacial score (nSPS) is 9.86. The minimum absolute atomic E-state index is 0.176. The van der Waals surface area contributed by atoms with Gasteiger partial charge >= 0.3 is 5.97 Å². The van der Waals surface area contributed by atoms with Crippen LogP contribution < -0.4 is 5.32 Å². The molecule has 1 amide bonds. The fourth-order valence-corrected chi connectivity index (χ4v) is 1.83. The number of nitrogens with one attached hydrogen (secondary N) is 1. The van der Waals surface area contributed by atoms with Crippen LogP contribution in [-0.4, -0.2) is 18.6 Å². The van der Waals surface area contributed by atoms with Crippen molar-refractivity contribution in [1.29, 1.82) is 0 Å². The first-order chi connectivity index (χ1) is 10.6. The second-order valence-electron chi connectivity index (χ2n) is 4.81. The summed E-state index contributed by atoms with van der Waals surface area (Å²) in [6.07, 6.45) is 0. The Hall–Kier alpha value is -2.88. The Kier molecular flexibility index (Phi) is 5.09. The van der Waals surface area contributed by atoms with E-state index in [1.807, 2.05) is 42.5 Å². The SMILES string of the molecule is C=C(C)C(=O)NCOC(=O)c1ccc(-c2ccccc2)cc1. The molecule has 1 N–H and O–H groups in total. The number of benzene rings is 2. The van der Waals surface area contributed by atoms with Crippen molar-refractivity contribution in [3.8, 4) is 11.1 Å². The molecule has 2 aromatic rings. The van der Waals surface area contributed by atoms with Gasteiger partial charge in [0.2, 0.25) is 5.91 Å². The maximum absolute atomic E-state index is 11.8. The predicted octanol–water partition coefficient (Wildman–Crippen LogP) is 3.16. The van der Waals surface area contributed by atoms with Crippen LogP contribution in [0.1, 0.15) is 17.3 Å². The molecule has 0 aromatic heterocycles. The Morgan fingerprint density at radius 1 is 1.00 bits per heavy atom. The third kappa shape index (κ3) is 4.06. The molecule has 0 saturated heterocycles. The third-order valence-corrected chi connectivity index (χ3v) is 3.05. The number of carbonyl (C=O) groups excluding carboxylic acids is 2. The highest BCUT2D eigenvalue weighted by Gasteiger charge is 2.08. The lowest BCUT2D eigenvalue weighted by atomic mass is 10.0. The van der Waals surface area contributed by atoms with E-state index in [1.54, 1.807) is 19.1 Å². The summed E-state index contributed by atoms with van der Waals surface area (Å²) in [5.41, 5.74) is 2.90. The highest BCUT2D eigenvalue weighted by molar-refractivity contribution is 5.93. The van der Waals surface area contributed by atoms with Gasteiger partial charge in [-0.1, -0.05) is 49.0 Å². The van der Waals surface area contributed by atoms with E-state index in [1.165, 1.54) is 0 Å². The number of rotatable bonds is 5. The lowest BCUT2D eigenvalue weighted by Gasteiger charge is -2.07. The first-order valence-corrected chi connectivity index (χ1v) is 6.84. The molecule has 0 aliphatic carbocycles. The smallest absolute Gasteiger partial charge is 0.339 e. The number of ether oxygens (including phenoxy) is 1. The molecule has 22 heavy (non-hydrogen) atoms. The molecule has 112 valence electrons. The Balaban J connectivity index is 1.94. The second-order valence-corrected chi connectivity index (χ2v) is 4.81. The van der Waals surface area contributed by atoms with Gasteiger partial charge in [0.25, 0.3) is 0 Å². The number of esters is 1. The van der Waals surface area contributed by atoms with Crippen molar-refractivity contribution in [2.75, 3.05) is 6.73 Å². The van der Waals surface area contributed by atoms with Crippen LogP contribution in [0.25, 0.3) is 11.1 Å². The summed E-state index contributed by atoms with van der Waals surface area (Å²) in [5, 5.41) is 2.44. The molecule has 0 bridgehead atoms. The third-order valence-electron chi connectivity index (χ3n) is 3.05. The van der Waals surface area contributed by atoms with Crippen molar-refractivity contribution in [2.24, 2.45) is 0 Å². The van der Waals surface area contributed by atoms with Crippen LogP contribution in [0.2, 0.25) is 0 Å². The van der Waals surface area contributed by atoms with Gasteiger partial charge in [-0.2, -0.15) is 0 Å². The van der Waals surface area contributed by atoms with Gasteiger partial charge in [0, 0.05) is 5.57 Å². The average molecular weight is 295 g/mol. The molecule has 0 radical (unpaired) electrons. The van der Waals surface area contributed by atoms with Crippen molar-refractivity contribution >= 4 is 11.9 Å². The molecular formula is C18H17NO3. The van der Waals surface area contributed by atoms with Crippen LogP contribution >= 0.6 is 0 Å². The zero-order valence-corrected chi connectivity index (χ0v) is 12.3. The van der Waals surface area contributed by atoms with E-state index in [4.69, 9.17) is 4.74 Å². The zero-order chi connectivity index (χ0) is 15.9. The van der Waals surface area contributed by atoms with Gasteiger partial charge in [-0.05, 0) is 30.2 Å². The Morgan fingerprint density at radius 3 is 2.18 bits per heavy atom. The average Bonchev–Trinajstić information content (AvgIpc) is 2.55. The lowest BCUT2D eigenvalue weighted by molar-refractivity contribution is -0.118. The monoisotopic (exact) mass is 295 g/mol. The molecule has 0 spiro atoms. The molecule has 0 fully saturated rings. The molecule has 0 saturated carbocycles. The number of hydrogen-bond acceptors (Lipinski definition) is 3. The van der Waals surface area contributed by atoms with E-state index in [0.717, 1.165) is 11.1 Å². The minimum atomic E-state index is -0.485. The Labute approximate surface area is 129 Å². The van der Waals surface area contributed by atoms with E-state index in [-0.39, 0.29) is 12.6 Å². The molecule has 2 rings (SSSR count). The fraction of sp³-hybridized carbons (Fsp3) is 0.111. The van der Waals surface area contributed by atoms with Gasteiger partial charge in [0.05, 0.1) is 5.56 Å². The first kappa shape index (κ1) is 15.5. The van der Waals surface area contributed by atoms with Gasteiger partial charge < -0.3 is 10.1 Å². The molecule has 0 heterocycles. The van der Waals surface area contributed by atoms with E-state index in [9.17, 15) is 9.59 Å². The maximum atomic E-state index is 11.8. The number of amides is 1. The van der Waals surface area contributed by atoms with Crippen molar-refractivity contribution in [2.45, 2.75) is 6.92 Å². The summed E-state index contributed by atoms with van der Waals surface area (Å²) in [6.45, 7) is 4.90. The van der Waals surface area contributed by atoms with E-state index in [0.29, 0.717) is 11.1 Å². The molecule has 0 atom stereocenters. The van der Waals surface area contributed by atoms with E-state index >= 15 is 0 Å². The summed E-state index contributed by atoms with van der Waals surface area (Å²) in [4.78, 5) is 23.1. The second kappa shape index (κ2) is 7.22. The molecule has 4 nitrogen and oxygen atoms in total. The Bertz CT molecular complexity index is 675. The van der Waals surface area contributed by atoms with Gasteiger partial charge in [-0.25, -0.2) is 4.79 Å². The predicted molar refractivity (Wildman–Crippen MR) is 85.1 cm³/mol. The van der Waals surface area contributed by atoms with Crippen LogP contribution in [0.5, 0.6) is 0 Å². The van der Waals surface area contributed by atoms with Crippen LogP contribution in [0.15, 0.2) is 66.7 Å². The standard InChI is InChI=1S/C18H17NO3/c1-13(2)17(20)19-12-22-18(21)16-10-8-15(9-11-16)14-6-4-3-5-7-14/h3-11H,1,12H2,2H3,(H,19,20). The maximum Gasteiger partial charge on any atom is 0.339 e. The molecule has 0 aliphatic rings. The minimum Gasteiger partial charge on any atom is -0.441 e. The molecule has 0 aliphatic heterocycles. The first-order valence-electron chi connectivity index (χ1n) is 6.84. The molecule has 2 aromatic carbocycles. The van der Waals surface area contributed by atoms with Crippen molar-refractivity contribution in [3.05, 3.63) is 72.3 Å². The molecule has 0 unspecified atom stereocenters. The van der Waals surface area contributed by atoms with Crippen LogP contribution in [0.4, 0.5) is 0 Å². The summed E-state index contributed by atoms with van der Waals surface area (Å²) < 4.78 is 4.98. The molecular weight excluding hydrogens is 278 g/mol. The highest BCUT2D eigenvalue weighted by Crippen LogP contribution is 2.19. The van der Waals surface area contributed by atoms with Crippen LogP contribution in [0, 0.1) is 0 Å². The number of hydrogen-bond donors (Lipinski definition) is 1. The van der Waals surface area contributed by atoms with Crippen molar-refractivity contribution in [1.82, 2.24) is 5.32 Å². The quantitative estimate of drug-likeness (QED) is 0.524. The summed E-state index contributed by atoms with van der Waals surface area (Å²) in [7, 11) is 0. The summed E-state index contributed by atoms with van der Waals surface area (Å²) in [6, 6.07) is 17.0. The lowest BCUT2D eigenvalue weighted by Crippen LogP contribution is -2.27. The zero-order valence-electron chi connectivity index (χ0n) is 12.3. The topological polar surface area (TPSA) is 55.4 Å². The van der Waals surface area contributed by atoms with Crippen LogP contribution in [0.3, 0.4) is 0 Å². The fourth-order valence-electron chi connectivity index (χ4n) is 1.83. The van der Waals surface area contributed by atoms with Crippen molar-refractivity contribution in [3.63, 3.8) is 0 Å². The van der Waals surface area contributed by atoms with Gasteiger partial charge in [-0.3, -0.25) is 4.79 Å². The Morgan fingerprint density at radius 2 is 1.59 bits per heavy atom. The van der Waals surface area contributed by atoms with Crippen LogP contribution in [-0.2, 0) is 9.53 Å². The summed E-state index contributed by atoms with van der Waals surface area (Å²) >= 11 is 0. The summed E-state index contributed by atoms with van der Waals surface area (Å²) in [5.74, 6) is -0.825. The van der Waals surface area contributed by atoms with E-state index < -0.39 is 5.97 Å². The van der Waals surface area contributed by atoms with E-state index in [2.05, 4.69) is 11.9 Å². The highest BCUT2D eigenvalue weighted by atomic mass is 16.5. The van der Waals surface area contributed by atoms with Gasteiger partial charge in [-0.15, -0.1) is 0 Å². The van der Waals surface area contributed by atoms with Gasteiger partial charge in [0.15, 0.2) is 6.73 Å². The van der Waals surface area contributed by atoms with Crippen molar-refractivity contribution < 1.29 is 14.3 Å². The number of carbonyl (C=O) groups is 2. The largest absolute Gasteiger partial charge is 0.441 e. The molecule has 4 heteroatoms. The van der Waals surface area contributed by atoms with Gasteiger partial charge in [0.1, 0.15) is 0 Å².